The van der Waals surface area contributed by atoms with E-state index in [2.05, 4.69) is 13.8 Å². The monoisotopic (exact) mass is 343 g/mol. The van der Waals surface area contributed by atoms with Gasteiger partial charge in [-0.15, -0.1) is 0 Å². The van der Waals surface area contributed by atoms with Gasteiger partial charge >= 0.3 is 0 Å². The molecule has 1 aromatic carbocycles. The Labute approximate surface area is 138 Å². The van der Waals surface area contributed by atoms with Gasteiger partial charge in [0.2, 0.25) is 10.0 Å². The quantitative estimate of drug-likeness (QED) is 0.914. The van der Waals surface area contributed by atoms with Crippen LogP contribution in [-0.2, 0) is 10.0 Å². The van der Waals surface area contributed by atoms with Crippen LogP contribution in [-0.4, -0.2) is 36.5 Å². The SMILES string of the molecule is Cc1cc(F)ccc1S(=O)(=O)N1CC[C@@](C)(O)[C@@H](CC(C)C)C1. The zero-order valence-electron chi connectivity index (χ0n) is 14.2. The van der Waals surface area contributed by atoms with Crippen LogP contribution in [0.25, 0.3) is 0 Å². The molecule has 2 atom stereocenters. The van der Waals surface area contributed by atoms with Crippen molar-refractivity contribution in [1.82, 2.24) is 4.31 Å². The van der Waals surface area contributed by atoms with Crippen LogP contribution in [0.4, 0.5) is 4.39 Å². The van der Waals surface area contributed by atoms with Crippen LogP contribution in [0.1, 0.15) is 39.2 Å². The Morgan fingerprint density at radius 1 is 1.43 bits per heavy atom. The van der Waals surface area contributed by atoms with Crippen molar-refractivity contribution in [2.24, 2.45) is 11.8 Å². The van der Waals surface area contributed by atoms with Gasteiger partial charge in [0, 0.05) is 19.0 Å². The minimum absolute atomic E-state index is 0.105. The highest BCUT2D eigenvalue weighted by Gasteiger charge is 2.41. The van der Waals surface area contributed by atoms with Gasteiger partial charge in [0.1, 0.15) is 5.82 Å². The van der Waals surface area contributed by atoms with E-state index in [1.54, 1.807) is 13.8 Å². The van der Waals surface area contributed by atoms with Crippen molar-refractivity contribution < 1.29 is 17.9 Å². The van der Waals surface area contributed by atoms with Crippen molar-refractivity contribution in [2.75, 3.05) is 13.1 Å². The fraction of sp³-hybridized carbons (Fsp3) is 0.647. The molecule has 6 heteroatoms. The molecule has 0 bridgehead atoms. The first-order valence-electron chi connectivity index (χ1n) is 8.02. The van der Waals surface area contributed by atoms with Crippen LogP contribution >= 0.6 is 0 Å². The molecule has 0 radical (unpaired) electrons. The largest absolute Gasteiger partial charge is 0.390 e. The molecule has 2 rings (SSSR count). The predicted octanol–water partition coefficient (Wildman–Crippen LogP) is 2.94. The second-order valence-corrected chi connectivity index (χ2v) is 9.11. The highest BCUT2D eigenvalue weighted by atomic mass is 32.2. The molecule has 0 aromatic heterocycles. The van der Waals surface area contributed by atoms with Gasteiger partial charge < -0.3 is 5.11 Å². The number of benzene rings is 1. The summed E-state index contributed by atoms with van der Waals surface area (Å²) < 4.78 is 40.4. The molecular weight excluding hydrogens is 317 g/mol. The minimum Gasteiger partial charge on any atom is -0.390 e. The Hall–Kier alpha value is -0.980. The third kappa shape index (κ3) is 3.92. The molecule has 1 aliphatic rings. The number of hydrogen-bond acceptors (Lipinski definition) is 3. The molecule has 1 aliphatic heterocycles. The molecule has 0 spiro atoms. The number of aliphatic hydroxyl groups is 1. The first kappa shape index (κ1) is 18.4. The van der Waals surface area contributed by atoms with Crippen molar-refractivity contribution >= 4 is 10.0 Å². The predicted molar refractivity (Wildman–Crippen MR) is 88.1 cm³/mol. The molecule has 1 heterocycles. The molecule has 130 valence electrons. The average molecular weight is 343 g/mol. The van der Waals surface area contributed by atoms with Gasteiger partial charge in [-0.2, -0.15) is 4.31 Å². The zero-order valence-corrected chi connectivity index (χ0v) is 15.0. The second-order valence-electron chi connectivity index (χ2n) is 7.21. The van der Waals surface area contributed by atoms with Gasteiger partial charge in [0.05, 0.1) is 10.5 Å². The molecular formula is C17H26FNO3S. The van der Waals surface area contributed by atoms with Gasteiger partial charge in [-0.1, -0.05) is 13.8 Å². The van der Waals surface area contributed by atoms with Crippen LogP contribution in [0, 0.1) is 24.6 Å². The van der Waals surface area contributed by atoms with E-state index in [4.69, 9.17) is 0 Å². The average Bonchev–Trinajstić information content (AvgIpc) is 2.39. The molecule has 0 aliphatic carbocycles. The summed E-state index contributed by atoms with van der Waals surface area (Å²) in [6, 6.07) is 3.73. The van der Waals surface area contributed by atoms with Gasteiger partial charge in [0.15, 0.2) is 0 Å². The molecule has 23 heavy (non-hydrogen) atoms. The Morgan fingerprint density at radius 2 is 2.09 bits per heavy atom. The van der Waals surface area contributed by atoms with E-state index < -0.39 is 21.4 Å². The fourth-order valence-corrected chi connectivity index (χ4v) is 4.94. The van der Waals surface area contributed by atoms with Gasteiger partial charge in [-0.25, -0.2) is 12.8 Å². The zero-order chi connectivity index (χ0) is 17.4. The highest BCUT2D eigenvalue weighted by Crippen LogP contribution is 2.35. The third-order valence-corrected chi connectivity index (χ3v) is 6.71. The minimum atomic E-state index is -3.67. The smallest absolute Gasteiger partial charge is 0.243 e. The van der Waals surface area contributed by atoms with Gasteiger partial charge in [-0.3, -0.25) is 0 Å². The fourth-order valence-electron chi connectivity index (χ4n) is 3.25. The van der Waals surface area contributed by atoms with Crippen molar-refractivity contribution in [2.45, 2.75) is 51.0 Å². The summed E-state index contributed by atoms with van der Waals surface area (Å²) in [6.45, 7) is 8.08. The van der Waals surface area contributed by atoms with Gasteiger partial charge in [0.25, 0.3) is 0 Å². The topological polar surface area (TPSA) is 57.6 Å². The van der Waals surface area contributed by atoms with Crippen molar-refractivity contribution in [3.63, 3.8) is 0 Å². The number of sulfonamides is 1. The summed E-state index contributed by atoms with van der Waals surface area (Å²) in [5.74, 6) is -0.172. The molecule has 0 amide bonds. The third-order valence-electron chi connectivity index (χ3n) is 4.68. The summed E-state index contributed by atoms with van der Waals surface area (Å²) >= 11 is 0. The maximum atomic E-state index is 13.2. The van der Waals surface area contributed by atoms with Crippen LogP contribution in [0.15, 0.2) is 23.1 Å². The summed E-state index contributed by atoms with van der Waals surface area (Å²) in [7, 11) is -3.67. The van der Waals surface area contributed by atoms with Crippen molar-refractivity contribution in [3.05, 3.63) is 29.6 Å². The number of rotatable bonds is 4. The number of halogens is 1. The lowest BCUT2D eigenvalue weighted by Gasteiger charge is -2.42. The number of aryl methyl sites for hydroxylation is 1. The van der Waals surface area contributed by atoms with E-state index in [0.717, 1.165) is 6.42 Å². The Balaban J connectivity index is 2.30. The number of piperidine rings is 1. The molecule has 1 N–H and O–H groups in total. The molecule has 1 aromatic rings. The Kier molecular flexibility index (Phi) is 5.18. The number of hydrogen-bond donors (Lipinski definition) is 1. The van der Waals surface area contributed by atoms with E-state index in [-0.39, 0.29) is 17.4 Å². The molecule has 4 nitrogen and oxygen atoms in total. The van der Waals surface area contributed by atoms with E-state index in [1.807, 2.05) is 0 Å². The van der Waals surface area contributed by atoms with Crippen LogP contribution in [0.5, 0.6) is 0 Å². The second kappa shape index (κ2) is 6.49. The van der Waals surface area contributed by atoms with Crippen molar-refractivity contribution in [1.29, 1.82) is 0 Å². The lowest BCUT2D eigenvalue weighted by Crippen LogP contribution is -2.52. The summed E-state index contributed by atoms with van der Waals surface area (Å²) in [6.07, 6.45) is 1.17. The Bertz CT molecular complexity index is 670. The summed E-state index contributed by atoms with van der Waals surface area (Å²) in [4.78, 5) is 0.142. The van der Waals surface area contributed by atoms with E-state index in [0.29, 0.717) is 24.4 Å². The number of nitrogens with zero attached hydrogens (tertiary/aromatic N) is 1. The summed E-state index contributed by atoms with van der Waals surface area (Å²) in [5.41, 5.74) is -0.448. The Morgan fingerprint density at radius 3 is 2.65 bits per heavy atom. The normalized spacial score (nSPS) is 26.7. The van der Waals surface area contributed by atoms with Crippen LogP contribution in [0.3, 0.4) is 0 Å². The van der Waals surface area contributed by atoms with E-state index >= 15 is 0 Å². The lowest BCUT2D eigenvalue weighted by atomic mass is 9.78. The maximum absolute atomic E-state index is 13.2. The lowest BCUT2D eigenvalue weighted by molar-refractivity contribution is -0.0482. The molecule has 1 fully saturated rings. The van der Waals surface area contributed by atoms with Crippen LogP contribution < -0.4 is 0 Å². The maximum Gasteiger partial charge on any atom is 0.243 e. The van der Waals surface area contributed by atoms with E-state index in [1.165, 1.54) is 22.5 Å². The highest BCUT2D eigenvalue weighted by molar-refractivity contribution is 7.89. The van der Waals surface area contributed by atoms with Gasteiger partial charge in [-0.05, 0) is 56.4 Å². The molecule has 0 saturated carbocycles. The standard InChI is InChI=1S/C17H26FNO3S/c1-12(2)9-14-11-19(8-7-17(14,4)20)23(21,22)16-6-5-15(18)10-13(16)3/h5-6,10,12,14,20H,7-9,11H2,1-4H3/t14-,17+/m0/s1. The first-order valence-corrected chi connectivity index (χ1v) is 9.46. The van der Waals surface area contributed by atoms with Crippen molar-refractivity contribution in [3.8, 4) is 0 Å². The van der Waals surface area contributed by atoms with Crippen LogP contribution in [0.2, 0.25) is 0 Å². The summed E-state index contributed by atoms with van der Waals surface area (Å²) in [5, 5.41) is 10.6. The first-order chi connectivity index (χ1) is 10.5. The molecule has 1 saturated heterocycles. The molecule has 0 unspecified atom stereocenters. The van der Waals surface area contributed by atoms with E-state index in [9.17, 15) is 17.9 Å².